The van der Waals surface area contributed by atoms with E-state index in [4.69, 9.17) is 21.7 Å². The van der Waals surface area contributed by atoms with Gasteiger partial charge in [0.2, 0.25) is 0 Å². The molecule has 0 saturated heterocycles. The van der Waals surface area contributed by atoms with Crippen LogP contribution in [0.25, 0.3) is 32.7 Å². The van der Waals surface area contributed by atoms with Crippen LogP contribution in [0.15, 0.2) is 75.4 Å². The topological polar surface area (TPSA) is 174 Å². The molecule has 0 aliphatic rings. The fraction of sp³-hybridized carbons (Fsp3) is 0.278. The van der Waals surface area contributed by atoms with Crippen molar-refractivity contribution >= 4 is 79.9 Å². The lowest BCUT2D eigenvalue weighted by atomic mass is 10.0. The molecule has 254 valence electrons. The molecule has 0 fully saturated rings. The maximum absolute atomic E-state index is 10.9. The summed E-state index contributed by atoms with van der Waals surface area (Å²) in [7, 11) is 0. The molecule has 0 radical (unpaired) electrons. The first-order chi connectivity index (χ1) is 22.9. The number of aromatic amines is 3. The molecule has 0 aliphatic heterocycles. The fourth-order valence-corrected chi connectivity index (χ4v) is 7.64. The van der Waals surface area contributed by atoms with Crippen molar-refractivity contribution in [2.45, 2.75) is 60.4 Å². The molecule has 3 aromatic heterocycles. The van der Waals surface area contributed by atoms with Crippen LogP contribution >= 0.6 is 35.3 Å². The highest BCUT2D eigenvalue weighted by Gasteiger charge is 2.20. The number of aromatic nitrogens is 3. The molecule has 2 unspecified atom stereocenters. The van der Waals surface area contributed by atoms with Gasteiger partial charge in [0.1, 0.15) is 12.1 Å². The fourth-order valence-electron chi connectivity index (χ4n) is 5.73. The van der Waals surface area contributed by atoms with Crippen LogP contribution in [-0.2, 0) is 22.4 Å². The Morgan fingerprint density at radius 3 is 1.44 bits per heavy atom. The normalized spacial score (nSPS) is 12.3. The number of carboxylic acids is 2. The third kappa shape index (κ3) is 8.42. The molecule has 6 rings (SSSR count). The maximum atomic E-state index is 10.9. The van der Waals surface area contributed by atoms with Crippen LogP contribution in [0.5, 0.6) is 0 Å². The summed E-state index contributed by atoms with van der Waals surface area (Å²) in [6.07, 6.45) is 6.82. The Balaban J connectivity index is 0.000000166. The highest BCUT2D eigenvalue weighted by atomic mass is 32.2. The molecule has 9 N–H and O–H groups in total. The van der Waals surface area contributed by atoms with Crippen molar-refractivity contribution in [3.05, 3.63) is 88.9 Å². The van der Waals surface area contributed by atoms with Crippen LogP contribution in [-0.4, -0.2) is 68.0 Å². The zero-order valence-electron chi connectivity index (χ0n) is 27.9. The van der Waals surface area contributed by atoms with Crippen LogP contribution in [0.3, 0.4) is 0 Å². The average molecular weight is 706 g/mol. The minimum absolute atomic E-state index is 0.346. The number of hydrogen-bond acceptors (Lipinski definition) is 7. The second-order valence-electron chi connectivity index (χ2n) is 11.4. The molecule has 2 atom stereocenters. The number of hydrogen-bond donors (Lipinski definition) is 7. The number of rotatable bonds is 9. The van der Waals surface area contributed by atoms with Gasteiger partial charge in [0.15, 0.2) is 0 Å². The maximum Gasteiger partial charge on any atom is 0.320 e. The van der Waals surface area contributed by atoms with Gasteiger partial charge < -0.3 is 36.6 Å². The molecular weight excluding hydrogens is 663 g/mol. The Labute approximate surface area is 293 Å². The van der Waals surface area contributed by atoms with Gasteiger partial charge >= 0.3 is 11.9 Å². The van der Waals surface area contributed by atoms with E-state index in [1.165, 1.54) is 21.5 Å². The van der Waals surface area contributed by atoms with Crippen molar-refractivity contribution in [1.29, 1.82) is 0 Å². The first kappa shape index (κ1) is 37.0. The van der Waals surface area contributed by atoms with Crippen LogP contribution in [0, 0.1) is 20.8 Å². The summed E-state index contributed by atoms with van der Waals surface area (Å²) in [6, 6.07) is 18.9. The summed E-state index contributed by atoms with van der Waals surface area (Å²) in [6.45, 7) is 5.99. The Bertz CT molecular complexity index is 1940. The van der Waals surface area contributed by atoms with Crippen LogP contribution < -0.4 is 11.5 Å². The molecule has 48 heavy (non-hydrogen) atoms. The van der Waals surface area contributed by atoms with Crippen molar-refractivity contribution in [3.8, 4) is 0 Å². The Morgan fingerprint density at radius 1 is 0.646 bits per heavy atom. The molecule has 0 bridgehead atoms. The van der Waals surface area contributed by atoms with Crippen molar-refractivity contribution in [2.75, 3.05) is 18.8 Å². The Morgan fingerprint density at radius 2 is 1.04 bits per heavy atom. The second kappa shape index (κ2) is 16.5. The van der Waals surface area contributed by atoms with Gasteiger partial charge in [0, 0.05) is 77.3 Å². The van der Waals surface area contributed by atoms with Gasteiger partial charge in [0.05, 0.1) is 0 Å². The molecule has 0 aliphatic carbocycles. The van der Waals surface area contributed by atoms with Gasteiger partial charge in [-0.05, 0) is 93.1 Å². The van der Waals surface area contributed by atoms with E-state index in [-0.39, 0.29) is 0 Å². The molecular formula is C36H43N5O4S3. The average Bonchev–Trinajstić information content (AvgIpc) is 3.72. The lowest BCUT2D eigenvalue weighted by Gasteiger charge is -2.08. The Hall–Kier alpha value is -3.81. The van der Waals surface area contributed by atoms with Gasteiger partial charge in [-0.25, -0.2) is 0 Å². The molecule has 6 aromatic rings. The van der Waals surface area contributed by atoms with Crippen LogP contribution in [0.1, 0.15) is 28.2 Å². The number of fused-ring (bicyclic) bond motifs is 3. The number of aliphatic carboxylic acids is 2. The Kier molecular flexibility index (Phi) is 12.7. The molecule has 0 spiro atoms. The summed E-state index contributed by atoms with van der Waals surface area (Å²) in [5, 5.41) is 21.4. The summed E-state index contributed by atoms with van der Waals surface area (Å²) in [5.74, 6) is -1.93. The van der Waals surface area contributed by atoms with Gasteiger partial charge in [-0.1, -0.05) is 18.2 Å². The molecule has 12 heteroatoms. The zero-order chi connectivity index (χ0) is 35.1. The summed E-state index contributed by atoms with van der Waals surface area (Å²) < 4.78 is 0. The largest absolute Gasteiger partial charge is 0.480 e. The number of carboxylic acid groups (broad SMARTS) is 2. The number of aryl methyl sites for hydroxylation is 3. The lowest BCUT2D eigenvalue weighted by molar-refractivity contribution is -0.139. The van der Waals surface area contributed by atoms with E-state index in [1.807, 2.05) is 62.8 Å². The summed E-state index contributed by atoms with van der Waals surface area (Å²) >= 11 is 5.10. The predicted molar refractivity (Wildman–Crippen MR) is 203 cm³/mol. The SMILES string of the molecule is CSc1cccc2[nH]c(C)c(CC(N)C(=O)O)c12.CSc1cccc2[nH]c(C)c(CC(N)C(=O)O)c12.CSc1cccc2[nH]c(C)cc12. The summed E-state index contributed by atoms with van der Waals surface area (Å²) in [4.78, 5) is 35.3. The highest BCUT2D eigenvalue weighted by molar-refractivity contribution is 7.99. The minimum atomic E-state index is -0.967. The number of benzene rings is 3. The van der Waals surface area contributed by atoms with Gasteiger partial charge in [0.25, 0.3) is 0 Å². The number of nitrogens with one attached hydrogen (secondary N) is 3. The van der Waals surface area contributed by atoms with E-state index >= 15 is 0 Å². The number of thioether (sulfide) groups is 3. The van der Waals surface area contributed by atoms with E-state index in [1.54, 1.807) is 35.3 Å². The number of nitrogens with two attached hydrogens (primary N) is 2. The standard InChI is InChI=1S/2C13H16N2O2S.C10H11NS/c2*1-7-8(6-9(14)13(16)17)12-10(15-7)4-3-5-11(12)18-2;1-7-6-8-9(11-7)4-3-5-10(8)12-2/h2*3-5,9,15H,6,14H2,1-2H3,(H,16,17);3-6,11H,1-2H3. The zero-order valence-corrected chi connectivity index (χ0v) is 30.4. The van der Waals surface area contributed by atoms with Crippen LogP contribution in [0.4, 0.5) is 0 Å². The van der Waals surface area contributed by atoms with Crippen molar-refractivity contribution in [3.63, 3.8) is 0 Å². The number of carbonyl (C=O) groups is 2. The predicted octanol–water partition coefficient (Wildman–Crippen LogP) is 7.50. The quantitative estimate of drug-likeness (QED) is 0.0752. The van der Waals surface area contributed by atoms with Gasteiger partial charge in [-0.3, -0.25) is 9.59 Å². The van der Waals surface area contributed by atoms with E-state index in [9.17, 15) is 9.59 Å². The smallest absolute Gasteiger partial charge is 0.320 e. The van der Waals surface area contributed by atoms with Gasteiger partial charge in [-0.2, -0.15) is 0 Å². The molecule has 9 nitrogen and oxygen atoms in total. The first-order valence-electron chi connectivity index (χ1n) is 15.3. The van der Waals surface area contributed by atoms with Crippen LogP contribution in [0.2, 0.25) is 0 Å². The van der Waals surface area contributed by atoms with E-state index in [2.05, 4.69) is 52.4 Å². The molecule has 3 aromatic carbocycles. The summed E-state index contributed by atoms with van der Waals surface area (Å²) in [5.41, 5.74) is 19.8. The monoisotopic (exact) mass is 705 g/mol. The minimum Gasteiger partial charge on any atom is -0.480 e. The molecule has 0 amide bonds. The third-order valence-corrected chi connectivity index (χ3v) is 10.5. The second-order valence-corrected chi connectivity index (χ2v) is 13.9. The molecule has 0 saturated carbocycles. The van der Waals surface area contributed by atoms with Gasteiger partial charge in [-0.15, -0.1) is 35.3 Å². The molecule has 3 heterocycles. The third-order valence-electron chi connectivity index (χ3n) is 8.11. The van der Waals surface area contributed by atoms with E-state index < -0.39 is 24.0 Å². The number of H-pyrrole nitrogens is 3. The highest BCUT2D eigenvalue weighted by Crippen LogP contribution is 2.33. The van der Waals surface area contributed by atoms with E-state index in [0.717, 1.165) is 54.1 Å². The van der Waals surface area contributed by atoms with E-state index in [0.29, 0.717) is 12.8 Å². The van der Waals surface area contributed by atoms with Crippen molar-refractivity contribution in [2.24, 2.45) is 11.5 Å². The first-order valence-corrected chi connectivity index (χ1v) is 18.9. The van der Waals surface area contributed by atoms with Crippen molar-refractivity contribution < 1.29 is 19.8 Å². The van der Waals surface area contributed by atoms with Crippen molar-refractivity contribution in [1.82, 2.24) is 15.0 Å². The lowest BCUT2D eigenvalue weighted by Crippen LogP contribution is -2.32.